The molecule has 3 nitrogen and oxygen atoms in total. The van der Waals surface area contributed by atoms with Crippen molar-refractivity contribution in [2.45, 2.75) is 50.1 Å². The van der Waals surface area contributed by atoms with E-state index in [1.54, 1.807) is 0 Å². The second-order valence-electron chi connectivity index (χ2n) is 5.24. The summed E-state index contributed by atoms with van der Waals surface area (Å²) in [5.74, 6) is -0.375. The lowest BCUT2D eigenvalue weighted by Gasteiger charge is -2.22. The molecule has 98 valence electrons. The Balaban J connectivity index is 1.83. The summed E-state index contributed by atoms with van der Waals surface area (Å²) in [4.78, 5) is 0. The molecule has 18 heavy (non-hydrogen) atoms. The van der Waals surface area contributed by atoms with Crippen molar-refractivity contribution >= 4 is 0 Å². The zero-order valence-electron chi connectivity index (χ0n) is 10.5. The minimum atomic E-state index is -0.375. The average Bonchev–Trinajstić information content (AvgIpc) is 3.00. The molecule has 1 aliphatic carbocycles. The van der Waals surface area contributed by atoms with E-state index in [1.165, 1.54) is 12.8 Å². The molecule has 1 aromatic rings. The van der Waals surface area contributed by atoms with Gasteiger partial charge < -0.3 is 14.6 Å². The molecular formula is C15H20O3. The van der Waals surface area contributed by atoms with E-state index in [4.69, 9.17) is 9.47 Å². The quantitative estimate of drug-likeness (QED) is 0.894. The molecule has 1 N–H and O–H groups in total. The molecule has 1 heterocycles. The molecule has 2 unspecified atom stereocenters. The fraction of sp³-hybridized carbons (Fsp3) is 0.600. The highest BCUT2D eigenvalue weighted by atomic mass is 16.8. The van der Waals surface area contributed by atoms with Gasteiger partial charge in [0.1, 0.15) is 6.10 Å². The van der Waals surface area contributed by atoms with Crippen LogP contribution in [0.25, 0.3) is 0 Å². The first-order valence-electron chi connectivity index (χ1n) is 6.84. The summed E-state index contributed by atoms with van der Waals surface area (Å²) >= 11 is 0. The Labute approximate surface area is 108 Å². The normalized spacial score (nSPS) is 30.1. The SMILES string of the molecule is OCCC1OC2(CCCC2)OC1c1ccccc1. The van der Waals surface area contributed by atoms with E-state index in [1.807, 2.05) is 18.2 Å². The number of aliphatic hydroxyl groups is 1. The maximum absolute atomic E-state index is 9.19. The van der Waals surface area contributed by atoms with Crippen LogP contribution in [-0.2, 0) is 9.47 Å². The Morgan fingerprint density at radius 2 is 1.83 bits per heavy atom. The summed E-state index contributed by atoms with van der Waals surface area (Å²) in [5.41, 5.74) is 1.15. The topological polar surface area (TPSA) is 38.7 Å². The van der Waals surface area contributed by atoms with Crippen LogP contribution < -0.4 is 0 Å². The molecule has 0 aromatic heterocycles. The van der Waals surface area contributed by atoms with E-state index in [0.717, 1.165) is 18.4 Å². The predicted molar refractivity (Wildman–Crippen MR) is 68.0 cm³/mol. The highest BCUT2D eigenvalue weighted by Gasteiger charge is 2.49. The second kappa shape index (κ2) is 5.00. The molecule has 2 aliphatic rings. The fourth-order valence-electron chi connectivity index (χ4n) is 3.09. The van der Waals surface area contributed by atoms with Crippen molar-refractivity contribution < 1.29 is 14.6 Å². The number of rotatable bonds is 3. The van der Waals surface area contributed by atoms with Gasteiger partial charge in [0.15, 0.2) is 5.79 Å². The van der Waals surface area contributed by atoms with Crippen molar-refractivity contribution in [1.82, 2.24) is 0 Å². The highest BCUT2D eigenvalue weighted by Crippen LogP contribution is 2.47. The van der Waals surface area contributed by atoms with Crippen LogP contribution in [0.4, 0.5) is 0 Å². The van der Waals surface area contributed by atoms with Crippen molar-refractivity contribution in [1.29, 1.82) is 0 Å². The van der Waals surface area contributed by atoms with E-state index in [-0.39, 0.29) is 24.6 Å². The molecule has 3 rings (SSSR count). The van der Waals surface area contributed by atoms with Crippen LogP contribution in [0.2, 0.25) is 0 Å². The van der Waals surface area contributed by atoms with E-state index in [9.17, 15) is 5.11 Å². The van der Waals surface area contributed by atoms with Gasteiger partial charge in [-0.05, 0) is 24.8 Å². The summed E-state index contributed by atoms with van der Waals surface area (Å²) in [6.07, 6.45) is 4.91. The van der Waals surface area contributed by atoms with E-state index >= 15 is 0 Å². The molecule has 1 spiro atoms. The van der Waals surface area contributed by atoms with Crippen molar-refractivity contribution in [2.24, 2.45) is 0 Å². The van der Waals surface area contributed by atoms with Gasteiger partial charge in [-0.1, -0.05) is 30.3 Å². The largest absolute Gasteiger partial charge is 0.396 e. The maximum atomic E-state index is 9.19. The van der Waals surface area contributed by atoms with E-state index < -0.39 is 0 Å². The molecule has 1 aromatic carbocycles. The molecule has 0 amide bonds. The van der Waals surface area contributed by atoms with Gasteiger partial charge in [0.2, 0.25) is 0 Å². The van der Waals surface area contributed by atoms with Gasteiger partial charge in [0.25, 0.3) is 0 Å². The van der Waals surface area contributed by atoms with Gasteiger partial charge in [-0.25, -0.2) is 0 Å². The van der Waals surface area contributed by atoms with Gasteiger partial charge >= 0.3 is 0 Å². The first kappa shape index (κ1) is 12.2. The van der Waals surface area contributed by atoms with Crippen LogP contribution in [-0.4, -0.2) is 23.6 Å². The number of hydrogen-bond acceptors (Lipinski definition) is 3. The van der Waals surface area contributed by atoms with Gasteiger partial charge in [0.05, 0.1) is 6.10 Å². The number of ether oxygens (including phenoxy) is 2. The van der Waals surface area contributed by atoms with Gasteiger partial charge in [-0.2, -0.15) is 0 Å². The Morgan fingerprint density at radius 1 is 1.11 bits per heavy atom. The standard InChI is InChI=1S/C15H20O3/c16-11-8-13-14(12-6-2-1-3-7-12)18-15(17-13)9-4-5-10-15/h1-3,6-7,13-14,16H,4-5,8-11H2. The third kappa shape index (κ3) is 2.18. The van der Waals surface area contributed by atoms with Crippen LogP contribution in [0.5, 0.6) is 0 Å². The fourth-order valence-corrected chi connectivity index (χ4v) is 3.09. The van der Waals surface area contributed by atoms with Crippen LogP contribution in [0.15, 0.2) is 30.3 Å². The Hall–Kier alpha value is -0.900. The lowest BCUT2D eigenvalue weighted by Crippen LogP contribution is -2.26. The van der Waals surface area contributed by atoms with Gasteiger partial charge in [-0.15, -0.1) is 0 Å². The van der Waals surface area contributed by atoms with Crippen LogP contribution >= 0.6 is 0 Å². The van der Waals surface area contributed by atoms with Crippen molar-refractivity contribution in [3.8, 4) is 0 Å². The third-order valence-corrected chi connectivity index (χ3v) is 3.95. The molecule has 1 aliphatic heterocycles. The van der Waals surface area contributed by atoms with Crippen molar-refractivity contribution in [3.63, 3.8) is 0 Å². The first-order valence-corrected chi connectivity index (χ1v) is 6.84. The monoisotopic (exact) mass is 248 g/mol. The average molecular weight is 248 g/mol. The van der Waals surface area contributed by atoms with E-state index in [2.05, 4.69) is 12.1 Å². The summed E-state index contributed by atoms with van der Waals surface area (Å²) < 4.78 is 12.4. The van der Waals surface area contributed by atoms with Crippen LogP contribution in [0.1, 0.15) is 43.8 Å². The lowest BCUT2D eigenvalue weighted by molar-refractivity contribution is -0.170. The Morgan fingerprint density at radius 3 is 2.50 bits per heavy atom. The molecule has 2 fully saturated rings. The number of hydrogen-bond donors (Lipinski definition) is 1. The van der Waals surface area contributed by atoms with Gasteiger partial charge in [-0.3, -0.25) is 0 Å². The minimum Gasteiger partial charge on any atom is -0.396 e. The maximum Gasteiger partial charge on any atom is 0.169 e. The molecule has 1 saturated heterocycles. The number of benzene rings is 1. The van der Waals surface area contributed by atoms with E-state index in [0.29, 0.717) is 6.42 Å². The van der Waals surface area contributed by atoms with Gasteiger partial charge in [0, 0.05) is 19.4 Å². The molecule has 2 atom stereocenters. The van der Waals surface area contributed by atoms with Crippen molar-refractivity contribution in [3.05, 3.63) is 35.9 Å². The predicted octanol–water partition coefficient (Wildman–Crippen LogP) is 2.80. The Bertz CT molecular complexity index is 384. The molecule has 3 heteroatoms. The summed E-state index contributed by atoms with van der Waals surface area (Å²) in [7, 11) is 0. The summed E-state index contributed by atoms with van der Waals surface area (Å²) in [6, 6.07) is 10.2. The smallest absolute Gasteiger partial charge is 0.169 e. The third-order valence-electron chi connectivity index (χ3n) is 3.95. The van der Waals surface area contributed by atoms with Crippen LogP contribution in [0.3, 0.4) is 0 Å². The van der Waals surface area contributed by atoms with Crippen molar-refractivity contribution in [2.75, 3.05) is 6.61 Å². The molecular weight excluding hydrogens is 228 g/mol. The number of aliphatic hydroxyl groups excluding tert-OH is 1. The summed E-state index contributed by atoms with van der Waals surface area (Å²) in [6.45, 7) is 0.146. The molecule has 0 radical (unpaired) electrons. The van der Waals surface area contributed by atoms with Crippen LogP contribution in [0, 0.1) is 0 Å². The minimum absolute atomic E-state index is 0.0181. The molecule has 0 bridgehead atoms. The zero-order valence-corrected chi connectivity index (χ0v) is 10.5. The zero-order chi connectivity index (χ0) is 12.4. The highest BCUT2D eigenvalue weighted by molar-refractivity contribution is 5.20. The Kier molecular flexibility index (Phi) is 3.37. The summed E-state index contributed by atoms with van der Waals surface area (Å²) in [5, 5.41) is 9.19. The second-order valence-corrected chi connectivity index (χ2v) is 5.24. The molecule has 1 saturated carbocycles. The lowest BCUT2D eigenvalue weighted by atomic mass is 10.0. The first-order chi connectivity index (χ1) is 8.83.